The number of pyridine rings is 2. The maximum atomic E-state index is 13.7. The molecule has 0 aliphatic heterocycles. The van der Waals surface area contributed by atoms with Crippen LogP contribution in [0.2, 0.25) is 0 Å². The second kappa shape index (κ2) is 6.19. The smallest absolute Gasteiger partial charge is 0.265 e. The first kappa shape index (κ1) is 15.8. The number of nitrogens with one attached hydrogen (secondary N) is 1. The molecule has 0 saturated carbocycles. The Balaban J connectivity index is 2.09. The number of carbonyl (C=O) groups is 1. The molecule has 1 aromatic carbocycles. The normalized spacial score (nSPS) is 10.8. The van der Waals surface area contributed by atoms with Crippen molar-refractivity contribution in [2.45, 2.75) is 13.5 Å². The Morgan fingerprint density at radius 2 is 2.04 bits per heavy atom. The molecule has 2 aromatic heterocycles. The fraction of sp³-hybridized carbons (Fsp3) is 0.118. The number of anilines is 1. The lowest BCUT2D eigenvalue weighted by atomic mass is 10.2. The summed E-state index contributed by atoms with van der Waals surface area (Å²) in [5.74, 6) is -2.29. The van der Waals surface area contributed by atoms with E-state index in [2.05, 4.69) is 10.3 Å². The summed E-state index contributed by atoms with van der Waals surface area (Å²) in [5.41, 5.74) is -0.578. The lowest BCUT2D eigenvalue weighted by Gasteiger charge is -2.11. The van der Waals surface area contributed by atoms with Crippen LogP contribution in [-0.2, 0) is 6.54 Å². The number of aryl methyl sites for hydroxylation is 1. The molecule has 1 N–H and O–H groups in total. The van der Waals surface area contributed by atoms with E-state index in [1.165, 1.54) is 10.6 Å². The number of nitrogens with zero attached hydrogens (tertiary/aromatic N) is 2. The molecule has 0 spiro atoms. The Labute approximate surface area is 135 Å². The number of aromatic nitrogens is 2. The topological polar surface area (TPSA) is 64.0 Å². The second-order valence-electron chi connectivity index (χ2n) is 5.10. The van der Waals surface area contributed by atoms with Crippen LogP contribution in [0, 0.1) is 11.6 Å². The highest BCUT2D eigenvalue weighted by Crippen LogP contribution is 2.17. The van der Waals surface area contributed by atoms with E-state index in [9.17, 15) is 18.4 Å². The molecule has 0 saturated heterocycles. The van der Waals surface area contributed by atoms with Crippen LogP contribution in [0.1, 0.15) is 17.3 Å². The van der Waals surface area contributed by atoms with Crippen LogP contribution in [0.5, 0.6) is 0 Å². The van der Waals surface area contributed by atoms with Gasteiger partial charge in [-0.3, -0.25) is 14.2 Å². The SMILES string of the molecule is CCn1c(=O)c(C(=O)Nc2cc(F)ccc2F)cc2cccnc21. The van der Waals surface area contributed by atoms with E-state index >= 15 is 0 Å². The molecule has 3 rings (SSSR count). The van der Waals surface area contributed by atoms with E-state index in [1.807, 2.05) is 0 Å². The van der Waals surface area contributed by atoms with Gasteiger partial charge in [-0.2, -0.15) is 0 Å². The molecule has 0 aliphatic rings. The minimum absolute atomic E-state index is 0.166. The largest absolute Gasteiger partial charge is 0.319 e. The minimum atomic E-state index is -0.808. The maximum Gasteiger partial charge on any atom is 0.265 e. The predicted molar refractivity (Wildman–Crippen MR) is 86.0 cm³/mol. The van der Waals surface area contributed by atoms with Gasteiger partial charge >= 0.3 is 0 Å². The number of rotatable bonds is 3. The number of amides is 1. The molecule has 0 fully saturated rings. The highest BCUT2D eigenvalue weighted by Gasteiger charge is 2.17. The van der Waals surface area contributed by atoms with Gasteiger partial charge < -0.3 is 5.32 Å². The fourth-order valence-corrected chi connectivity index (χ4v) is 2.45. The molecule has 24 heavy (non-hydrogen) atoms. The summed E-state index contributed by atoms with van der Waals surface area (Å²) < 4.78 is 28.2. The van der Waals surface area contributed by atoms with Crippen molar-refractivity contribution in [3.8, 4) is 0 Å². The zero-order chi connectivity index (χ0) is 17.3. The van der Waals surface area contributed by atoms with Crippen LogP contribution in [0.4, 0.5) is 14.5 Å². The first-order valence-corrected chi connectivity index (χ1v) is 7.26. The Bertz CT molecular complexity index is 999. The van der Waals surface area contributed by atoms with Gasteiger partial charge in [-0.15, -0.1) is 0 Å². The number of hydrogen-bond acceptors (Lipinski definition) is 3. The minimum Gasteiger partial charge on any atom is -0.319 e. The van der Waals surface area contributed by atoms with Crippen LogP contribution in [0.25, 0.3) is 11.0 Å². The van der Waals surface area contributed by atoms with E-state index in [-0.39, 0.29) is 11.3 Å². The first-order chi connectivity index (χ1) is 11.5. The summed E-state index contributed by atoms with van der Waals surface area (Å²) in [6.45, 7) is 2.07. The van der Waals surface area contributed by atoms with Crippen molar-refractivity contribution in [1.29, 1.82) is 0 Å². The predicted octanol–water partition coefficient (Wildman–Crippen LogP) is 2.95. The quantitative estimate of drug-likeness (QED) is 0.803. The number of benzene rings is 1. The molecule has 2 heterocycles. The van der Waals surface area contributed by atoms with Crippen molar-refractivity contribution >= 4 is 22.6 Å². The first-order valence-electron chi connectivity index (χ1n) is 7.26. The van der Waals surface area contributed by atoms with Crippen molar-refractivity contribution in [2.75, 3.05) is 5.32 Å². The molecule has 0 unspecified atom stereocenters. The lowest BCUT2D eigenvalue weighted by molar-refractivity contribution is 0.102. The summed E-state index contributed by atoms with van der Waals surface area (Å²) in [6.07, 6.45) is 1.55. The molecule has 3 aromatic rings. The highest BCUT2D eigenvalue weighted by molar-refractivity contribution is 6.05. The number of hydrogen-bond donors (Lipinski definition) is 1. The van der Waals surface area contributed by atoms with Gasteiger partial charge in [0.1, 0.15) is 22.8 Å². The van der Waals surface area contributed by atoms with Crippen LogP contribution >= 0.6 is 0 Å². The zero-order valence-corrected chi connectivity index (χ0v) is 12.7. The van der Waals surface area contributed by atoms with Gasteiger partial charge in [0.05, 0.1) is 5.69 Å². The molecule has 0 radical (unpaired) electrons. The van der Waals surface area contributed by atoms with E-state index in [1.54, 1.807) is 25.3 Å². The average Bonchev–Trinajstić information content (AvgIpc) is 2.57. The van der Waals surface area contributed by atoms with Gasteiger partial charge in [0.2, 0.25) is 0 Å². The molecule has 5 nitrogen and oxygen atoms in total. The lowest BCUT2D eigenvalue weighted by Crippen LogP contribution is -2.29. The van der Waals surface area contributed by atoms with Crippen LogP contribution < -0.4 is 10.9 Å². The van der Waals surface area contributed by atoms with Gasteiger partial charge in [0.15, 0.2) is 0 Å². The third-order valence-electron chi connectivity index (χ3n) is 3.59. The van der Waals surface area contributed by atoms with E-state index < -0.39 is 23.1 Å². The third kappa shape index (κ3) is 2.76. The second-order valence-corrected chi connectivity index (χ2v) is 5.10. The monoisotopic (exact) mass is 329 g/mol. The number of carbonyl (C=O) groups excluding carboxylic acids is 1. The zero-order valence-electron chi connectivity index (χ0n) is 12.7. The van der Waals surface area contributed by atoms with Gasteiger partial charge in [0.25, 0.3) is 11.5 Å². The summed E-state index contributed by atoms with van der Waals surface area (Å²) in [5, 5.41) is 2.84. The molecular weight excluding hydrogens is 316 g/mol. The number of fused-ring (bicyclic) bond motifs is 1. The van der Waals surface area contributed by atoms with Gasteiger partial charge in [-0.05, 0) is 37.3 Å². The Morgan fingerprint density at radius 3 is 2.79 bits per heavy atom. The summed E-state index contributed by atoms with van der Waals surface area (Å²) in [6, 6.07) is 7.49. The van der Waals surface area contributed by atoms with E-state index in [4.69, 9.17) is 0 Å². The van der Waals surface area contributed by atoms with Crippen molar-refractivity contribution < 1.29 is 13.6 Å². The molecule has 7 heteroatoms. The summed E-state index contributed by atoms with van der Waals surface area (Å²) in [7, 11) is 0. The summed E-state index contributed by atoms with van der Waals surface area (Å²) >= 11 is 0. The Kier molecular flexibility index (Phi) is 4.07. The molecule has 0 atom stereocenters. The van der Waals surface area contributed by atoms with Crippen molar-refractivity contribution in [3.63, 3.8) is 0 Å². The molecule has 1 amide bonds. The third-order valence-corrected chi connectivity index (χ3v) is 3.59. The van der Waals surface area contributed by atoms with Gasteiger partial charge in [-0.1, -0.05) is 0 Å². The molecule has 0 aliphatic carbocycles. The van der Waals surface area contributed by atoms with Crippen LogP contribution in [0.3, 0.4) is 0 Å². The van der Waals surface area contributed by atoms with Crippen molar-refractivity contribution in [2.24, 2.45) is 0 Å². The Morgan fingerprint density at radius 1 is 1.25 bits per heavy atom. The Hall–Kier alpha value is -3.09. The standard InChI is InChI=1S/C17H13F2N3O2/c1-2-22-15-10(4-3-7-20-15)8-12(17(22)24)16(23)21-14-9-11(18)5-6-13(14)19/h3-9H,2H2,1H3,(H,21,23). The summed E-state index contributed by atoms with van der Waals surface area (Å²) in [4.78, 5) is 29.0. The van der Waals surface area contributed by atoms with Gasteiger partial charge in [0, 0.05) is 24.2 Å². The highest BCUT2D eigenvalue weighted by atomic mass is 19.1. The molecule has 0 bridgehead atoms. The van der Waals surface area contributed by atoms with Crippen molar-refractivity contribution in [3.05, 3.63) is 70.1 Å². The van der Waals surface area contributed by atoms with Crippen LogP contribution in [0.15, 0.2) is 47.4 Å². The van der Waals surface area contributed by atoms with E-state index in [0.29, 0.717) is 17.6 Å². The van der Waals surface area contributed by atoms with Crippen molar-refractivity contribution in [1.82, 2.24) is 9.55 Å². The maximum absolute atomic E-state index is 13.7. The van der Waals surface area contributed by atoms with Crippen LogP contribution in [-0.4, -0.2) is 15.5 Å². The average molecular weight is 329 g/mol. The number of halogens is 2. The molecular formula is C17H13F2N3O2. The fourth-order valence-electron chi connectivity index (χ4n) is 2.45. The van der Waals surface area contributed by atoms with E-state index in [0.717, 1.165) is 18.2 Å². The molecule has 122 valence electrons. The van der Waals surface area contributed by atoms with Gasteiger partial charge in [-0.25, -0.2) is 13.8 Å².